The lowest BCUT2D eigenvalue weighted by Crippen LogP contribution is -2.18. The highest BCUT2D eigenvalue weighted by Gasteiger charge is 2.20. The van der Waals surface area contributed by atoms with Crippen molar-refractivity contribution in [3.63, 3.8) is 0 Å². The zero-order valence-electron chi connectivity index (χ0n) is 12.6. The molecule has 0 aliphatic heterocycles. The lowest BCUT2D eigenvalue weighted by atomic mass is 9.97. The molecule has 118 valence electrons. The highest BCUT2D eigenvalue weighted by atomic mass is 32.1. The summed E-state index contributed by atoms with van der Waals surface area (Å²) in [6, 6.07) is 10.9. The molecule has 5 nitrogen and oxygen atoms in total. The molecule has 0 aliphatic carbocycles. The SMILES string of the molecule is CC[C@@H](C(=O)OCc1cc(=O)n2ccsc2n1)c1ccccc1. The number of hydrogen-bond donors (Lipinski definition) is 0. The predicted octanol–water partition coefficient (Wildman–Crippen LogP) is 2.99. The summed E-state index contributed by atoms with van der Waals surface area (Å²) in [5.41, 5.74) is 1.23. The molecule has 0 N–H and O–H groups in total. The number of nitrogens with zero attached hydrogens (tertiary/aromatic N) is 2. The molecule has 0 bridgehead atoms. The molecular weight excluding hydrogens is 312 g/mol. The Kier molecular flexibility index (Phi) is 4.52. The smallest absolute Gasteiger partial charge is 0.313 e. The van der Waals surface area contributed by atoms with Crippen LogP contribution >= 0.6 is 11.3 Å². The Morgan fingerprint density at radius 2 is 2.13 bits per heavy atom. The van der Waals surface area contributed by atoms with E-state index >= 15 is 0 Å². The summed E-state index contributed by atoms with van der Waals surface area (Å²) in [5, 5.41) is 1.79. The Labute approximate surface area is 137 Å². The summed E-state index contributed by atoms with van der Waals surface area (Å²) in [6.07, 6.45) is 2.33. The first kappa shape index (κ1) is 15.4. The van der Waals surface area contributed by atoms with Gasteiger partial charge in [0.05, 0.1) is 11.6 Å². The maximum absolute atomic E-state index is 12.3. The summed E-state index contributed by atoms with van der Waals surface area (Å²) in [4.78, 5) is 29.1. The van der Waals surface area contributed by atoms with Gasteiger partial charge >= 0.3 is 5.97 Å². The van der Waals surface area contributed by atoms with Gasteiger partial charge in [-0.3, -0.25) is 14.0 Å². The maximum Gasteiger partial charge on any atom is 0.313 e. The predicted molar refractivity (Wildman–Crippen MR) is 88.6 cm³/mol. The third kappa shape index (κ3) is 3.32. The van der Waals surface area contributed by atoms with Crippen molar-refractivity contribution in [1.82, 2.24) is 9.38 Å². The molecule has 0 saturated heterocycles. The fourth-order valence-electron chi connectivity index (χ4n) is 2.43. The molecule has 0 aliphatic rings. The van der Waals surface area contributed by atoms with E-state index in [0.29, 0.717) is 17.1 Å². The number of hydrogen-bond acceptors (Lipinski definition) is 5. The molecule has 0 unspecified atom stereocenters. The number of fused-ring (bicyclic) bond motifs is 1. The van der Waals surface area contributed by atoms with E-state index in [-0.39, 0.29) is 24.1 Å². The largest absolute Gasteiger partial charge is 0.459 e. The molecule has 0 saturated carbocycles. The summed E-state index contributed by atoms with van der Waals surface area (Å²) >= 11 is 1.37. The van der Waals surface area contributed by atoms with Crippen LogP contribution in [-0.2, 0) is 16.1 Å². The van der Waals surface area contributed by atoms with Crippen molar-refractivity contribution in [3.05, 3.63) is 69.6 Å². The number of carbonyl (C=O) groups excluding carboxylic acids is 1. The third-order valence-corrected chi connectivity index (χ3v) is 4.37. The van der Waals surface area contributed by atoms with E-state index in [2.05, 4.69) is 4.98 Å². The number of ether oxygens (including phenoxy) is 1. The van der Waals surface area contributed by atoms with Crippen molar-refractivity contribution in [3.8, 4) is 0 Å². The van der Waals surface area contributed by atoms with E-state index in [1.54, 1.807) is 11.6 Å². The van der Waals surface area contributed by atoms with Crippen LogP contribution in [-0.4, -0.2) is 15.4 Å². The summed E-state index contributed by atoms with van der Waals surface area (Å²) in [7, 11) is 0. The van der Waals surface area contributed by atoms with Crippen LogP contribution in [0.5, 0.6) is 0 Å². The standard InChI is InChI=1S/C17H16N2O3S/c1-2-14(12-6-4-3-5-7-12)16(21)22-11-13-10-15(20)19-8-9-23-17(19)18-13/h3-10,14H,2,11H2,1H3/t14-/m1/s1. The van der Waals surface area contributed by atoms with Gasteiger partial charge < -0.3 is 4.74 Å². The van der Waals surface area contributed by atoms with Crippen molar-refractivity contribution in [2.75, 3.05) is 0 Å². The van der Waals surface area contributed by atoms with Crippen LogP contribution in [0, 0.1) is 0 Å². The number of rotatable bonds is 5. The second kappa shape index (κ2) is 6.75. The van der Waals surface area contributed by atoms with E-state index in [0.717, 1.165) is 5.56 Å². The molecule has 3 rings (SSSR count). The molecule has 0 spiro atoms. The topological polar surface area (TPSA) is 60.7 Å². The molecule has 0 amide bonds. The fraction of sp³-hybridized carbons (Fsp3) is 0.235. The van der Waals surface area contributed by atoms with Gasteiger partial charge in [0.25, 0.3) is 5.56 Å². The van der Waals surface area contributed by atoms with E-state index in [1.807, 2.05) is 37.3 Å². The molecule has 0 radical (unpaired) electrons. The number of carbonyl (C=O) groups is 1. The quantitative estimate of drug-likeness (QED) is 0.676. The number of benzene rings is 1. The van der Waals surface area contributed by atoms with Gasteiger partial charge in [-0.25, -0.2) is 4.98 Å². The fourth-order valence-corrected chi connectivity index (χ4v) is 3.17. The Morgan fingerprint density at radius 3 is 2.87 bits per heavy atom. The molecule has 2 heterocycles. The second-order valence-corrected chi connectivity index (χ2v) is 5.99. The minimum absolute atomic E-state index is 0.00576. The van der Waals surface area contributed by atoms with Gasteiger partial charge in [0, 0.05) is 17.6 Å². The van der Waals surface area contributed by atoms with Gasteiger partial charge in [-0.2, -0.15) is 0 Å². The Hall–Kier alpha value is -2.47. The van der Waals surface area contributed by atoms with Crippen LogP contribution in [0.25, 0.3) is 4.96 Å². The summed E-state index contributed by atoms with van der Waals surface area (Å²) < 4.78 is 6.84. The van der Waals surface area contributed by atoms with Crippen LogP contribution in [0.2, 0.25) is 0 Å². The zero-order valence-corrected chi connectivity index (χ0v) is 13.5. The molecule has 0 fully saturated rings. The summed E-state index contributed by atoms with van der Waals surface area (Å²) in [6.45, 7) is 1.95. The monoisotopic (exact) mass is 328 g/mol. The van der Waals surface area contributed by atoms with Crippen molar-refractivity contribution < 1.29 is 9.53 Å². The first-order chi connectivity index (χ1) is 11.2. The minimum atomic E-state index is -0.303. The van der Waals surface area contributed by atoms with Gasteiger partial charge in [-0.05, 0) is 12.0 Å². The first-order valence-corrected chi connectivity index (χ1v) is 8.24. The Bertz CT molecular complexity index is 870. The Morgan fingerprint density at radius 1 is 1.35 bits per heavy atom. The van der Waals surface area contributed by atoms with E-state index in [1.165, 1.54) is 21.8 Å². The van der Waals surface area contributed by atoms with Crippen LogP contribution in [0.15, 0.2) is 52.8 Å². The third-order valence-electron chi connectivity index (χ3n) is 3.61. The van der Waals surface area contributed by atoms with Gasteiger partial charge in [-0.1, -0.05) is 37.3 Å². The minimum Gasteiger partial charge on any atom is -0.459 e. The molecular formula is C17H16N2O3S. The second-order valence-electron chi connectivity index (χ2n) is 5.12. The first-order valence-electron chi connectivity index (χ1n) is 7.36. The van der Waals surface area contributed by atoms with Gasteiger partial charge in [0.1, 0.15) is 6.61 Å². The molecule has 3 aromatic rings. The van der Waals surface area contributed by atoms with Crippen LogP contribution in [0.4, 0.5) is 0 Å². The lowest BCUT2D eigenvalue weighted by molar-refractivity contribution is -0.147. The number of esters is 1. The van der Waals surface area contributed by atoms with Gasteiger partial charge in [0.2, 0.25) is 0 Å². The van der Waals surface area contributed by atoms with Crippen molar-refractivity contribution in [2.24, 2.45) is 0 Å². The van der Waals surface area contributed by atoms with Crippen molar-refractivity contribution in [1.29, 1.82) is 0 Å². The van der Waals surface area contributed by atoms with E-state index < -0.39 is 0 Å². The van der Waals surface area contributed by atoms with Crippen LogP contribution in [0.1, 0.15) is 30.5 Å². The molecule has 2 aromatic heterocycles. The molecule has 1 aromatic carbocycles. The average Bonchev–Trinajstić information content (AvgIpc) is 3.04. The molecule has 23 heavy (non-hydrogen) atoms. The van der Waals surface area contributed by atoms with E-state index in [9.17, 15) is 9.59 Å². The van der Waals surface area contributed by atoms with Crippen LogP contribution < -0.4 is 5.56 Å². The Balaban J connectivity index is 1.73. The normalized spacial score (nSPS) is 12.2. The van der Waals surface area contributed by atoms with Gasteiger partial charge in [-0.15, -0.1) is 11.3 Å². The molecule has 6 heteroatoms. The van der Waals surface area contributed by atoms with Crippen LogP contribution in [0.3, 0.4) is 0 Å². The highest BCUT2D eigenvalue weighted by molar-refractivity contribution is 7.15. The van der Waals surface area contributed by atoms with Gasteiger partial charge in [0.15, 0.2) is 4.96 Å². The maximum atomic E-state index is 12.3. The number of thiazole rings is 1. The summed E-state index contributed by atoms with van der Waals surface area (Å²) in [5.74, 6) is -0.602. The lowest BCUT2D eigenvalue weighted by Gasteiger charge is -2.14. The van der Waals surface area contributed by atoms with Crippen molar-refractivity contribution in [2.45, 2.75) is 25.9 Å². The molecule has 1 atom stereocenters. The van der Waals surface area contributed by atoms with E-state index in [4.69, 9.17) is 4.74 Å². The number of aromatic nitrogens is 2. The highest BCUT2D eigenvalue weighted by Crippen LogP contribution is 2.21. The average molecular weight is 328 g/mol. The van der Waals surface area contributed by atoms with Crippen molar-refractivity contribution >= 4 is 22.3 Å². The zero-order chi connectivity index (χ0) is 16.2.